The summed E-state index contributed by atoms with van der Waals surface area (Å²) in [5.74, 6) is 0.462. The van der Waals surface area contributed by atoms with Crippen molar-refractivity contribution in [2.45, 2.75) is 19.2 Å². The van der Waals surface area contributed by atoms with E-state index in [-0.39, 0.29) is 5.82 Å². The molecule has 3 aromatic carbocycles. The summed E-state index contributed by atoms with van der Waals surface area (Å²) in [4.78, 5) is 13.7. The molecule has 1 fully saturated rings. The van der Waals surface area contributed by atoms with Gasteiger partial charge in [0.1, 0.15) is 18.0 Å². The Morgan fingerprint density at radius 1 is 0.932 bits per heavy atom. The van der Waals surface area contributed by atoms with E-state index in [2.05, 4.69) is 66.2 Å². The number of likely N-dealkylation sites (N-methyl/N-ethyl adjacent to an activating group) is 1. The third kappa shape index (κ3) is 6.19. The summed E-state index contributed by atoms with van der Waals surface area (Å²) in [6.45, 7) is 5.80. The SMILES string of the molecule is CN1CCN(CC(O)Cn2ccc(-c3ccc4ncnc(Nc5ccc6c(cnn6Cc6cccc(F)c6)c5)c4c3)c2)CC1. The summed E-state index contributed by atoms with van der Waals surface area (Å²) in [7, 11) is 2.14. The van der Waals surface area contributed by atoms with E-state index in [1.165, 1.54) is 12.1 Å². The number of benzene rings is 3. The van der Waals surface area contributed by atoms with Crippen molar-refractivity contribution in [2.75, 3.05) is 45.1 Å². The molecule has 1 aliphatic rings. The van der Waals surface area contributed by atoms with Crippen LogP contribution >= 0.6 is 0 Å². The van der Waals surface area contributed by atoms with Gasteiger partial charge in [-0.25, -0.2) is 14.4 Å². The van der Waals surface area contributed by atoms with Gasteiger partial charge in [0.25, 0.3) is 0 Å². The fourth-order valence-electron chi connectivity index (χ4n) is 5.93. The van der Waals surface area contributed by atoms with E-state index in [9.17, 15) is 9.50 Å². The van der Waals surface area contributed by atoms with Gasteiger partial charge in [-0.05, 0) is 72.3 Å². The first kappa shape index (κ1) is 28.1. The number of hydrogen-bond acceptors (Lipinski definition) is 7. The maximum Gasteiger partial charge on any atom is 0.141 e. The van der Waals surface area contributed by atoms with Gasteiger partial charge in [0.2, 0.25) is 0 Å². The van der Waals surface area contributed by atoms with Crippen LogP contribution in [-0.2, 0) is 13.1 Å². The van der Waals surface area contributed by atoms with Crippen LogP contribution in [0.1, 0.15) is 5.56 Å². The molecule has 44 heavy (non-hydrogen) atoms. The Bertz CT molecular complexity index is 1910. The number of aromatic nitrogens is 5. The van der Waals surface area contributed by atoms with E-state index < -0.39 is 6.10 Å². The normalized spacial score (nSPS) is 15.2. The Kier molecular flexibility index (Phi) is 7.78. The molecule has 224 valence electrons. The zero-order valence-electron chi connectivity index (χ0n) is 24.6. The summed E-state index contributed by atoms with van der Waals surface area (Å²) < 4.78 is 17.6. The van der Waals surface area contributed by atoms with Gasteiger partial charge in [-0.15, -0.1) is 0 Å². The van der Waals surface area contributed by atoms with Crippen LogP contribution in [0.4, 0.5) is 15.9 Å². The highest BCUT2D eigenvalue weighted by Gasteiger charge is 2.17. The van der Waals surface area contributed by atoms with E-state index in [0.29, 0.717) is 25.5 Å². The molecule has 7 rings (SSSR count). The summed E-state index contributed by atoms with van der Waals surface area (Å²) in [6.07, 6.45) is 7.07. The fourth-order valence-corrected chi connectivity index (χ4v) is 5.93. The van der Waals surface area contributed by atoms with Crippen molar-refractivity contribution >= 4 is 33.3 Å². The number of nitrogens with zero attached hydrogens (tertiary/aromatic N) is 7. The molecule has 3 aromatic heterocycles. The third-order valence-electron chi connectivity index (χ3n) is 8.33. The Balaban J connectivity index is 1.07. The molecule has 1 atom stereocenters. The molecule has 2 N–H and O–H groups in total. The van der Waals surface area contributed by atoms with Crippen LogP contribution < -0.4 is 5.32 Å². The zero-order chi connectivity index (χ0) is 30.0. The zero-order valence-corrected chi connectivity index (χ0v) is 24.6. The molecular formula is C34H35FN8O. The maximum absolute atomic E-state index is 13.7. The smallest absolute Gasteiger partial charge is 0.141 e. The Labute approximate surface area is 255 Å². The molecular weight excluding hydrogens is 555 g/mol. The predicted octanol–water partition coefficient (Wildman–Crippen LogP) is 4.99. The molecule has 0 bridgehead atoms. The van der Waals surface area contributed by atoms with Crippen molar-refractivity contribution in [3.8, 4) is 11.1 Å². The van der Waals surface area contributed by atoms with E-state index in [4.69, 9.17) is 0 Å². The molecule has 1 unspecified atom stereocenters. The van der Waals surface area contributed by atoms with Gasteiger partial charge in [-0.3, -0.25) is 9.58 Å². The van der Waals surface area contributed by atoms with Crippen molar-refractivity contribution in [3.63, 3.8) is 0 Å². The largest absolute Gasteiger partial charge is 0.390 e. The number of anilines is 2. The Morgan fingerprint density at radius 2 is 1.82 bits per heavy atom. The first-order valence-electron chi connectivity index (χ1n) is 14.9. The molecule has 0 aliphatic carbocycles. The Hall–Kier alpha value is -4.64. The van der Waals surface area contributed by atoms with Crippen LogP contribution in [0.3, 0.4) is 0 Å². The number of nitrogens with one attached hydrogen (secondary N) is 1. The second kappa shape index (κ2) is 12.2. The van der Waals surface area contributed by atoms with E-state index in [1.54, 1.807) is 12.4 Å². The number of aliphatic hydroxyl groups excluding tert-OH is 1. The number of rotatable bonds is 9. The number of β-amino-alcohol motifs (C(OH)–C–C–N with tert-alkyl or cyclic N) is 1. The molecule has 10 heteroatoms. The standard InChI is InChI=1S/C34H35FN8O/c1-40-11-13-41(14-12-40)21-30(44)22-42-10-9-26(20-42)25-5-7-32-31(17-25)34(37-23-36-32)39-29-6-8-33-27(16-29)18-38-43(33)19-24-3-2-4-28(35)15-24/h2-10,15-18,20,23,30,44H,11-14,19,21-22H2,1H3,(H,36,37,39). The molecule has 0 spiro atoms. The number of piperazine rings is 1. The van der Waals surface area contributed by atoms with Crippen LogP contribution in [0.5, 0.6) is 0 Å². The lowest BCUT2D eigenvalue weighted by Crippen LogP contribution is -2.47. The van der Waals surface area contributed by atoms with E-state index >= 15 is 0 Å². The van der Waals surface area contributed by atoms with E-state index in [0.717, 1.165) is 70.4 Å². The topological polar surface area (TPSA) is 87.3 Å². The molecule has 1 saturated heterocycles. The van der Waals surface area contributed by atoms with Gasteiger partial charge in [0.15, 0.2) is 0 Å². The fraction of sp³-hybridized carbons (Fsp3) is 0.265. The van der Waals surface area contributed by atoms with Gasteiger partial charge in [0, 0.05) is 68.1 Å². The maximum atomic E-state index is 13.7. The minimum atomic E-state index is -0.426. The average molecular weight is 591 g/mol. The Morgan fingerprint density at radius 3 is 2.68 bits per heavy atom. The summed E-state index contributed by atoms with van der Waals surface area (Å²) in [5.41, 5.74) is 5.67. The van der Waals surface area contributed by atoms with Crippen LogP contribution in [-0.4, -0.2) is 85.1 Å². The van der Waals surface area contributed by atoms with Gasteiger partial charge in [0.05, 0.1) is 29.9 Å². The third-order valence-corrected chi connectivity index (χ3v) is 8.33. The molecule has 0 radical (unpaired) electrons. The monoisotopic (exact) mass is 590 g/mol. The minimum Gasteiger partial charge on any atom is -0.390 e. The number of fused-ring (bicyclic) bond motifs is 2. The highest BCUT2D eigenvalue weighted by Crippen LogP contribution is 2.30. The highest BCUT2D eigenvalue weighted by molar-refractivity contribution is 5.94. The van der Waals surface area contributed by atoms with Crippen LogP contribution in [0, 0.1) is 5.82 Å². The summed E-state index contributed by atoms with van der Waals surface area (Å²) in [6, 6.07) is 20.9. The van der Waals surface area contributed by atoms with Crippen molar-refractivity contribution in [2.24, 2.45) is 0 Å². The van der Waals surface area contributed by atoms with Crippen LogP contribution in [0.15, 0.2) is 91.6 Å². The molecule has 6 aromatic rings. The second-order valence-corrected chi connectivity index (χ2v) is 11.6. The van der Waals surface area contributed by atoms with Crippen molar-refractivity contribution in [1.82, 2.24) is 34.1 Å². The van der Waals surface area contributed by atoms with E-state index in [1.807, 2.05) is 47.4 Å². The number of hydrogen-bond donors (Lipinski definition) is 2. The van der Waals surface area contributed by atoms with Crippen molar-refractivity contribution < 1.29 is 9.50 Å². The van der Waals surface area contributed by atoms with Crippen molar-refractivity contribution in [1.29, 1.82) is 0 Å². The molecule has 9 nitrogen and oxygen atoms in total. The van der Waals surface area contributed by atoms with Crippen molar-refractivity contribution in [3.05, 3.63) is 103 Å². The number of halogens is 1. The lowest BCUT2D eigenvalue weighted by atomic mass is 10.1. The molecule has 1 aliphatic heterocycles. The molecule has 0 amide bonds. The minimum absolute atomic E-state index is 0.251. The second-order valence-electron chi connectivity index (χ2n) is 11.6. The first-order valence-corrected chi connectivity index (χ1v) is 14.9. The molecule has 0 saturated carbocycles. The quantitative estimate of drug-likeness (QED) is 0.246. The first-order chi connectivity index (χ1) is 21.5. The predicted molar refractivity (Wildman–Crippen MR) is 171 cm³/mol. The summed E-state index contributed by atoms with van der Waals surface area (Å²) >= 11 is 0. The van der Waals surface area contributed by atoms with Gasteiger partial charge in [-0.1, -0.05) is 18.2 Å². The van der Waals surface area contributed by atoms with Crippen LogP contribution in [0.2, 0.25) is 0 Å². The van der Waals surface area contributed by atoms with Gasteiger partial charge < -0.3 is 19.9 Å². The summed E-state index contributed by atoms with van der Waals surface area (Å²) in [5, 5.41) is 20.6. The van der Waals surface area contributed by atoms with Crippen LogP contribution in [0.25, 0.3) is 32.9 Å². The lowest BCUT2D eigenvalue weighted by molar-refractivity contribution is 0.0711. The van der Waals surface area contributed by atoms with Gasteiger partial charge in [-0.2, -0.15) is 5.10 Å². The lowest BCUT2D eigenvalue weighted by Gasteiger charge is -2.33. The molecule has 4 heterocycles. The number of aliphatic hydroxyl groups is 1. The highest BCUT2D eigenvalue weighted by atomic mass is 19.1. The average Bonchev–Trinajstić information content (AvgIpc) is 3.65. The van der Waals surface area contributed by atoms with Gasteiger partial charge >= 0.3 is 0 Å².